The van der Waals surface area contributed by atoms with Crippen molar-refractivity contribution in [2.45, 2.75) is 57.9 Å². The highest BCUT2D eigenvalue weighted by molar-refractivity contribution is 5.93. The summed E-state index contributed by atoms with van der Waals surface area (Å²) in [7, 11) is 0. The molecule has 0 fully saturated rings. The van der Waals surface area contributed by atoms with E-state index in [0.717, 1.165) is 5.56 Å². The number of benzene rings is 1. The van der Waals surface area contributed by atoms with Crippen LogP contribution in [0.2, 0.25) is 0 Å². The standard InChI is InChI=1S/C25H22FN3O6/c1-3-25(34)14-6-18-21-12(8-29(18)22(30)13(14)9-35-23(25)31)20-16(28-24(32)33)5-4-11-10(2)15(26)7-17(27-21)19(11)20/h6-7,16,28,34H,3-5,8-9H2,1-2H3,(H,32,33)/t16-,25+/m1/s1. The van der Waals surface area contributed by atoms with Gasteiger partial charge in [0.05, 0.1) is 35.1 Å². The molecule has 1 aromatic carbocycles. The summed E-state index contributed by atoms with van der Waals surface area (Å²) < 4.78 is 21.4. The second kappa shape index (κ2) is 7.11. The van der Waals surface area contributed by atoms with Crippen molar-refractivity contribution in [1.82, 2.24) is 14.9 Å². The average molecular weight is 479 g/mol. The third-order valence-electron chi connectivity index (χ3n) is 7.68. The Bertz CT molecular complexity index is 1560. The van der Waals surface area contributed by atoms with E-state index in [-0.39, 0.29) is 30.7 Å². The summed E-state index contributed by atoms with van der Waals surface area (Å²) in [6.07, 6.45) is -0.233. The molecule has 2 aliphatic heterocycles. The summed E-state index contributed by atoms with van der Waals surface area (Å²) >= 11 is 0. The summed E-state index contributed by atoms with van der Waals surface area (Å²) in [6, 6.07) is 2.37. The number of aliphatic hydroxyl groups is 1. The fourth-order valence-corrected chi connectivity index (χ4v) is 5.85. The molecule has 1 aliphatic carbocycles. The maximum atomic E-state index is 14.8. The topological polar surface area (TPSA) is 131 Å². The molecule has 4 heterocycles. The molecule has 0 bridgehead atoms. The Morgan fingerprint density at radius 3 is 2.80 bits per heavy atom. The molecule has 35 heavy (non-hydrogen) atoms. The van der Waals surface area contributed by atoms with Crippen LogP contribution in [0.1, 0.15) is 59.2 Å². The SMILES string of the molecule is CC[C@@]1(O)C(=O)OCc2c1cc1n(c2=O)Cc2c-1nc1cc(F)c(C)c3c1c2[C@H](NC(=O)O)CC3. The number of carboxylic acid groups (broad SMARTS) is 1. The van der Waals surface area contributed by atoms with Crippen molar-refractivity contribution in [2.24, 2.45) is 0 Å². The summed E-state index contributed by atoms with van der Waals surface area (Å²) in [6.45, 7) is 3.22. The van der Waals surface area contributed by atoms with E-state index in [1.54, 1.807) is 19.9 Å². The molecule has 0 saturated heterocycles. The highest BCUT2D eigenvalue weighted by Crippen LogP contribution is 2.45. The van der Waals surface area contributed by atoms with Crippen LogP contribution >= 0.6 is 0 Å². The Labute approximate surface area is 198 Å². The first kappa shape index (κ1) is 21.7. The number of hydrogen-bond acceptors (Lipinski definition) is 6. The van der Waals surface area contributed by atoms with Crippen molar-refractivity contribution in [1.29, 1.82) is 0 Å². The number of carbonyl (C=O) groups excluding carboxylic acids is 1. The zero-order valence-corrected chi connectivity index (χ0v) is 19.1. The number of nitrogens with one attached hydrogen (secondary N) is 1. The Balaban J connectivity index is 1.68. The molecule has 3 N–H and O–H groups in total. The smallest absolute Gasteiger partial charge is 0.405 e. The van der Waals surface area contributed by atoms with Gasteiger partial charge in [0, 0.05) is 22.6 Å². The lowest BCUT2D eigenvalue weighted by molar-refractivity contribution is -0.172. The number of rotatable bonds is 2. The van der Waals surface area contributed by atoms with E-state index in [0.29, 0.717) is 51.8 Å². The monoisotopic (exact) mass is 479 g/mol. The van der Waals surface area contributed by atoms with Crippen molar-refractivity contribution in [3.05, 3.63) is 61.7 Å². The third kappa shape index (κ3) is 2.77. The minimum Gasteiger partial charge on any atom is -0.465 e. The summed E-state index contributed by atoms with van der Waals surface area (Å²) in [5, 5.41) is 23.8. The lowest BCUT2D eigenvalue weighted by Crippen LogP contribution is -2.44. The number of carbonyl (C=O) groups is 2. The number of fused-ring (bicyclic) bond motifs is 5. The van der Waals surface area contributed by atoms with E-state index in [2.05, 4.69) is 5.32 Å². The molecule has 0 radical (unpaired) electrons. The molecule has 0 unspecified atom stereocenters. The van der Waals surface area contributed by atoms with E-state index in [9.17, 15) is 29.0 Å². The minimum atomic E-state index is -1.96. The van der Waals surface area contributed by atoms with Gasteiger partial charge in [-0.25, -0.2) is 19.0 Å². The van der Waals surface area contributed by atoms with Crippen LogP contribution in [-0.4, -0.2) is 31.8 Å². The second-order valence-electron chi connectivity index (χ2n) is 9.35. The third-order valence-corrected chi connectivity index (χ3v) is 7.68. The maximum absolute atomic E-state index is 14.8. The van der Waals surface area contributed by atoms with Gasteiger partial charge in [-0.05, 0) is 48.9 Å². The molecular formula is C25H22FN3O6. The number of ether oxygens (including phenoxy) is 1. The normalized spacial score (nSPS) is 21.8. The van der Waals surface area contributed by atoms with Gasteiger partial charge in [0.25, 0.3) is 5.56 Å². The molecule has 3 aliphatic rings. The molecule has 1 amide bonds. The first-order valence-corrected chi connectivity index (χ1v) is 11.5. The summed E-state index contributed by atoms with van der Waals surface area (Å²) in [4.78, 5) is 42.2. The first-order chi connectivity index (χ1) is 16.7. The van der Waals surface area contributed by atoms with Crippen LogP contribution < -0.4 is 10.9 Å². The van der Waals surface area contributed by atoms with Crippen LogP contribution in [0.4, 0.5) is 9.18 Å². The fourth-order valence-electron chi connectivity index (χ4n) is 5.85. The van der Waals surface area contributed by atoms with Crippen LogP contribution in [0.3, 0.4) is 0 Å². The van der Waals surface area contributed by atoms with Gasteiger partial charge in [0.2, 0.25) is 0 Å². The van der Waals surface area contributed by atoms with E-state index < -0.39 is 35.1 Å². The van der Waals surface area contributed by atoms with E-state index in [1.807, 2.05) is 0 Å². The van der Waals surface area contributed by atoms with E-state index in [1.165, 1.54) is 10.6 Å². The lowest BCUT2D eigenvalue weighted by Gasteiger charge is -2.31. The molecule has 2 aromatic heterocycles. The number of cyclic esters (lactones) is 1. The number of nitrogens with zero attached hydrogens (tertiary/aromatic N) is 2. The predicted molar refractivity (Wildman–Crippen MR) is 121 cm³/mol. The zero-order valence-electron chi connectivity index (χ0n) is 19.1. The quantitative estimate of drug-likeness (QED) is 0.377. The molecular weight excluding hydrogens is 457 g/mol. The van der Waals surface area contributed by atoms with Crippen LogP contribution in [0, 0.1) is 12.7 Å². The number of pyridine rings is 2. The molecule has 9 nitrogen and oxygen atoms in total. The maximum Gasteiger partial charge on any atom is 0.405 e. The molecule has 6 rings (SSSR count). The zero-order chi connectivity index (χ0) is 24.8. The van der Waals surface area contributed by atoms with E-state index >= 15 is 0 Å². The predicted octanol–water partition coefficient (Wildman–Crippen LogP) is 2.78. The second-order valence-corrected chi connectivity index (χ2v) is 9.35. The molecule has 2 atom stereocenters. The Morgan fingerprint density at radius 2 is 2.09 bits per heavy atom. The van der Waals surface area contributed by atoms with Gasteiger partial charge >= 0.3 is 12.1 Å². The Morgan fingerprint density at radius 1 is 1.31 bits per heavy atom. The highest BCUT2D eigenvalue weighted by atomic mass is 19.1. The Hall–Kier alpha value is -3.79. The minimum absolute atomic E-state index is 0.0173. The van der Waals surface area contributed by atoms with Gasteiger partial charge in [0.1, 0.15) is 12.4 Å². The van der Waals surface area contributed by atoms with Crippen molar-refractivity contribution in [2.75, 3.05) is 0 Å². The first-order valence-electron chi connectivity index (χ1n) is 11.5. The van der Waals surface area contributed by atoms with Crippen LogP contribution in [-0.2, 0) is 34.7 Å². The number of halogens is 1. The van der Waals surface area contributed by atoms with Gasteiger partial charge in [-0.2, -0.15) is 0 Å². The number of esters is 1. The van der Waals surface area contributed by atoms with Crippen LogP contribution in [0.15, 0.2) is 16.9 Å². The van der Waals surface area contributed by atoms with Crippen LogP contribution in [0.5, 0.6) is 0 Å². The van der Waals surface area contributed by atoms with Crippen LogP contribution in [0.25, 0.3) is 22.3 Å². The van der Waals surface area contributed by atoms with Crippen molar-refractivity contribution < 1.29 is 28.9 Å². The molecule has 0 spiro atoms. The Kier molecular flexibility index (Phi) is 4.41. The number of hydrogen-bond donors (Lipinski definition) is 3. The van der Waals surface area contributed by atoms with Gasteiger partial charge in [-0.3, -0.25) is 4.79 Å². The number of aryl methyl sites for hydroxylation is 1. The molecule has 180 valence electrons. The van der Waals surface area contributed by atoms with Crippen molar-refractivity contribution in [3.8, 4) is 11.4 Å². The van der Waals surface area contributed by atoms with Crippen molar-refractivity contribution >= 4 is 23.0 Å². The summed E-state index contributed by atoms with van der Waals surface area (Å²) in [5.74, 6) is -1.22. The van der Waals surface area contributed by atoms with Crippen molar-refractivity contribution in [3.63, 3.8) is 0 Å². The number of amides is 1. The molecule has 10 heteroatoms. The summed E-state index contributed by atoms with van der Waals surface area (Å²) in [5.41, 5.74) is 1.86. The average Bonchev–Trinajstić information content (AvgIpc) is 3.19. The molecule has 0 saturated carbocycles. The van der Waals surface area contributed by atoms with Gasteiger partial charge in [-0.15, -0.1) is 0 Å². The number of aromatic nitrogens is 2. The van der Waals surface area contributed by atoms with Gasteiger partial charge in [-0.1, -0.05) is 6.92 Å². The molecule has 3 aromatic rings. The van der Waals surface area contributed by atoms with Gasteiger partial charge < -0.3 is 24.8 Å². The van der Waals surface area contributed by atoms with E-state index in [4.69, 9.17) is 9.72 Å². The highest BCUT2D eigenvalue weighted by Gasteiger charge is 2.46. The lowest BCUT2D eigenvalue weighted by atomic mass is 9.81. The largest absolute Gasteiger partial charge is 0.465 e. The fraction of sp³-hybridized carbons (Fsp3) is 0.360. The van der Waals surface area contributed by atoms with Gasteiger partial charge in [0.15, 0.2) is 5.60 Å².